The molecule has 2 bridgehead atoms. The van der Waals surface area contributed by atoms with Crippen LogP contribution in [0.2, 0.25) is 0 Å². The average molecular weight is 628 g/mol. The van der Waals surface area contributed by atoms with E-state index in [4.69, 9.17) is 4.74 Å². The lowest BCUT2D eigenvalue weighted by atomic mass is 9.62. The molecule has 8 heteroatoms. The van der Waals surface area contributed by atoms with Crippen molar-refractivity contribution in [3.05, 3.63) is 97.1 Å². The third-order valence-corrected chi connectivity index (χ3v) is 10.4. The van der Waals surface area contributed by atoms with Gasteiger partial charge in [-0.05, 0) is 57.6 Å². The van der Waals surface area contributed by atoms with Gasteiger partial charge in [0.2, 0.25) is 17.7 Å². The van der Waals surface area contributed by atoms with Crippen LogP contribution >= 0.6 is 0 Å². The van der Waals surface area contributed by atoms with Gasteiger partial charge in [-0.25, -0.2) is 0 Å². The number of hydrogen-bond acceptors (Lipinski definition) is 5. The molecule has 3 amide bonds. The number of hydrogen-bond donors (Lipinski definition) is 1. The van der Waals surface area contributed by atoms with Crippen molar-refractivity contribution in [2.45, 2.75) is 82.8 Å². The van der Waals surface area contributed by atoms with Gasteiger partial charge in [0.15, 0.2) is 0 Å². The van der Waals surface area contributed by atoms with E-state index in [1.165, 1.54) is 0 Å². The second-order valence-electron chi connectivity index (χ2n) is 14.4. The molecule has 246 valence electrons. The van der Waals surface area contributed by atoms with Crippen LogP contribution in [0, 0.1) is 17.8 Å². The van der Waals surface area contributed by atoms with Crippen LogP contribution in [-0.4, -0.2) is 86.0 Å². The average Bonchev–Trinajstić information content (AvgIpc) is 3.54. The number of amides is 3. The number of nitrogens with zero attached hydrogens (tertiary/aromatic N) is 3. The van der Waals surface area contributed by atoms with Crippen LogP contribution in [0.1, 0.15) is 52.2 Å². The van der Waals surface area contributed by atoms with E-state index < -0.39 is 40.7 Å². The quantitative estimate of drug-likeness (QED) is 0.347. The van der Waals surface area contributed by atoms with E-state index in [9.17, 15) is 19.5 Å². The molecule has 3 aliphatic rings. The van der Waals surface area contributed by atoms with Gasteiger partial charge < -0.3 is 24.5 Å². The lowest BCUT2D eigenvalue weighted by Gasteiger charge is -2.43. The molecule has 5 rings (SSSR count). The minimum Gasteiger partial charge on any atom is -0.394 e. The number of likely N-dealkylation sites (tertiary alicyclic amines) is 1. The highest BCUT2D eigenvalue weighted by Crippen LogP contribution is 2.66. The van der Waals surface area contributed by atoms with Crippen LogP contribution in [0.15, 0.2) is 86.0 Å². The zero-order valence-corrected chi connectivity index (χ0v) is 27.9. The van der Waals surface area contributed by atoms with E-state index in [0.717, 1.165) is 11.1 Å². The fourth-order valence-corrected chi connectivity index (χ4v) is 8.22. The predicted molar refractivity (Wildman–Crippen MR) is 178 cm³/mol. The maximum atomic E-state index is 15.0. The van der Waals surface area contributed by atoms with Crippen molar-refractivity contribution in [1.29, 1.82) is 0 Å². The molecule has 2 aromatic carbocycles. The number of aliphatic hydroxyl groups excluding tert-OH is 1. The van der Waals surface area contributed by atoms with Gasteiger partial charge >= 0.3 is 0 Å². The number of aliphatic hydroxyl groups is 1. The van der Waals surface area contributed by atoms with Gasteiger partial charge in [-0.3, -0.25) is 14.4 Å². The van der Waals surface area contributed by atoms with Gasteiger partial charge in [0.1, 0.15) is 11.6 Å². The normalized spacial score (nSPS) is 28.9. The molecule has 2 aromatic rings. The highest BCUT2D eigenvalue weighted by molar-refractivity contribution is 5.99. The molecular weight excluding hydrogens is 578 g/mol. The molecule has 0 aliphatic carbocycles. The largest absolute Gasteiger partial charge is 0.394 e. The summed E-state index contributed by atoms with van der Waals surface area (Å²) in [5.41, 5.74) is -0.871. The molecule has 0 aromatic heterocycles. The lowest BCUT2D eigenvalue weighted by molar-refractivity contribution is -0.160. The zero-order chi connectivity index (χ0) is 33.4. The minimum atomic E-state index is -1.23. The summed E-state index contributed by atoms with van der Waals surface area (Å²) < 4.78 is 7.03. The van der Waals surface area contributed by atoms with E-state index in [-0.39, 0.29) is 36.8 Å². The van der Waals surface area contributed by atoms with Gasteiger partial charge in [-0.1, -0.05) is 79.7 Å². The summed E-state index contributed by atoms with van der Waals surface area (Å²) in [4.78, 5) is 49.7. The molecule has 8 nitrogen and oxygen atoms in total. The van der Waals surface area contributed by atoms with E-state index in [1.807, 2.05) is 95.3 Å². The Morgan fingerprint density at radius 3 is 2.15 bits per heavy atom. The Morgan fingerprint density at radius 2 is 1.61 bits per heavy atom. The molecule has 1 spiro atoms. The van der Waals surface area contributed by atoms with Crippen molar-refractivity contribution in [3.8, 4) is 0 Å². The summed E-state index contributed by atoms with van der Waals surface area (Å²) in [6.07, 6.45) is 4.19. The number of rotatable bonds is 12. The SMILES string of the molecule is C=CCN(Cc1ccccc1)C(=O)[C@@H]1[C@H]2C(=O)N([C@@H](CO)Cc3ccccc3)C(C(=O)N(CC=C)C(C)(C)C)C23CC(C)[C@@]1(C)O3. The highest BCUT2D eigenvalue weighted by Gasteiger charge is 2.80. The van der Waals surface area contributed by atoms with Gasteiger partial charge in [-0.15, -0.1) is 13.2 Å². The Balaban J connectivity index is 1.63. The van der Waals surface area contributed by atoms with Crippen molar-refractivity contribution >= 4 is 17.7 Å². The van der Waals surface area contributed by atoms with Crippen molar-refractivity contribution < 1.29 is 24.2 Å². The molecule has 3 fully saturated rings. The Bertz CT molecular complexity index is 1460. The smallest absolute Gasteiger partial charge is 0.249 e. The molecule has 3 heterocycles. The summed E-state index contributed by atoms with van der Waals surface area (Å²) in [5, 5.41) is 10.8. The monoisotopic (exact) mass is 627 g/mol. The van der Waals surface area contributed by atoms with Crippen LogP contribution in [0.5, 0.6) is 0 Å². The first-order valence-corrected chi connectivity index (χ1v) is 16.4. The molecule has 1 N–H and O–H groups in total. The first kappa shape index (κ1) is 33.6. The second-order valence-corrected chi connectivity index (χ2v) is 14.4. The van der Waals surface area contributed by atoms with E-state index in [2.05, 4.69) is 13.2 Å². The van der Waals surface area contributed by atoms with Crippen LogP contribution in [0.25, 0.3) is 0 Å². The number of ether oxygens (including phenoxy) is 1. The van der Waals surface area contributed by atoms with E-state index in [0.29, 0.717) is 25.9 Å². The molecule has 3 aliphatic heterocycles. The Morgan fingerprint density at radius 1 is 1.02 bits per heavy atom. The molecule has 46 heavy (non-hydrogen) atoms. The highest BCUT2D eigenvalue weighted by atomic mass is 16.5. The third kappa shape index (κ3) is 5.60. The number of benzene rings is 2. The molecule has 0 saturated carbocycles. The van der Waals surface area contributed by atoms with E-state index >= 15 is 0 Å². The number of carbonyl (C=O) groups is 3. The molecule has 7 atom stereocenters. The zero-order valence-electron chi connectivity index (χ0n) is 27.9. The van der Waals surface area contributed by atoms with Crippen LogP contribution in [-0.2, 0) is 32.1 Å². The van der Waals surface area contributed by atoms with Gasteiger partial charge in [0, 0.05) is 25.2 Å². The van der Waals surface area contributed by atoms with Crippen LogP contribution in [0.4, 0.5) is 0 Å². The molecule has 3 saturated heterocycles. The van der Waals surface area contributed by atoms with Crippen molar-refractivity contribution in [3.63, 3.8) is 0 Å². The molecule has 3 unspecified atom stereocenters. The maximum absolute atomic E-state index is 15.0. The first-order chi connectivity index (χ1) is 21.8. The summed E-state index contributed by atoms with van der Waals surface area (Å²) in [6.45, 7) is 18.3. The third-order valence-electron chi connectivity index (χ3n) is 10.4. The number of carbonyl (C=O) groups excluding carboxylic acids is 3. The molecule has 0 radical (unpaired) electrons. The Labute approximate surface area is 273 Å². The van der Waals surface area contributed by atoms with Crippen molar-refractivity contribution in [1.82, 2.24) is 14.7 Å². The lowest BCUT2D eigenvalue weighted by Crippen LogP contribution is -2.62. The minimum absolute atomic E-state index is 0.104. The fourth-order valence-electron chi connectivity index (χ4n) is 8.22. The maximum Gasteiger partial charge on any atom is 0.249 e. The summed E-state index contributed by atoms with van der Waals surface area (Å²) in [7, 11) is 0. The summed E-state index contributed by atoms with van der Waals surface area (Å²) >= 11 is 0. The van der Waals surface area contributed by atoms with Gasteiger partial charge in [-0.2, -0.15) is 0 Å². The van der Waals surface area contributed by atoms with Crippen LogP contribution in [0.3, 0.4) is 0 Å². The topological polar surface area (TPSA) is 90.4 Å². The van der Waals surface area contributed by atoms with Crippen molar-refractivity contribution in [2.24, 2.45) is 17.8 Å². The fraction of sp³-hybridized carbons (Fsp3) is 0.500. The predicted octanol–water partition coefficient (Wildman–Crippen LogP) is 4.63. The second kappa shape index (κ2) is 12.8. The Hall–Kier alpha value is -3.75. The standard InChI is InChI=1S/C38H49N3O5/c1-8-20-39(24-28-18-14-11-15-19-28)33(43)30-31-34(44)41(29(25-42)22-27-16-12-10-13-17-27)32(35(45)40(21-9-2)36(4,5)6)38(31)23-26(3)37(30,7)46-38/h8-19,26,29-32,42H,1-2,20-25H2,3-7H3/t26?,29-,30+,31+,32?,37-,38?/m1/s1. The number of fused-ring (bicyclic) bond motifs is 1. The van der Waals surface area contributed by atoms with Crippen LogP contribution < -0.4 is 0 Å². The molecular formula is C38H49N3O5. The Kier molecular flexibility index (Phi) is 9.35. The van der Waals surface area contributed by atoms with Crippen molar-refractivity contribution in [2.75, 3.05) is 19.7 Å². The van der Waals surface area contributed by atoms with Gasteiger partial charge in [0.05, 0.1) is 30.1 Å². The van der Waals surface area contributed by atoms with Gasteiger partial charge in [0.25, 0.3) is 0 Å². The van der Waals surface area contributed by atoms with E-state index in [1.54, 1.807) is 26.9 Å². The summed E-state index contributed by atoms with van der Waals surface area (Å²) in [6, 6.07) is 17.7. The summed E-state index contributed by atoms with van der Waals surface area (Å²) in [5.74, 6) is -2.56. The first-order valence-electron chi connectivity index (χ1n) is 16.4.